The second-order valence-electron chi connectivity index (χ2n) is 5.25. The number of ether oxygens (including phenoxy) is 1. The number of alkyl halides is 3. The number of halogens is 4. The number of amides is 1. The molecule has 0 saturated carbocycles. The molecule has 1 aliphatic rings. The van der Waals surface area contributed by atoms with Gasteiger partial charge in [0.25, 0.3) is 5.91 Å². The van der Waals surface area contributed by atoms with Crippen molar-refractivity contribution in [1.82, 2.24) is 4.98 Å². The Hall–Kier alpha value is -1.84. The molecule has 3 N–H and O–H groups in total. The number of anilines is 1. The SMILES string of the molecule is Cl.NC[C@H]1CC[C@@H](C(=O)Nc2ccc3oc(C(F)(F)F)nc3c2)O1. The van der Waals surface area contributed by atoms with Crippen molar-refractivity contribution in [3.05, 3.63) is 24.1 Å². The monoisotopic (exact) mass is 365 g/mol. The molecule has 0 unspecified atom stereocenters. The lowest BCUT2D eigenvalue weighted by molar-refractivity contribution is -0.156. The minimum Gasteiger partial charge on any atom is -0.433 e. The maximum atomic E-state index is 12.6. The highest BCUT2D eigenvalue weighted by atomic mass is 35.5. The van der Waals surface area contributed by atoms with Gasteiger partial charge in [0.05, 0.1) is 6.10 Å². The molecule has 2 aromatic rings. The number of aromatic nitrogens is 1. The average molecular weight is 366 g/mol. The minimum absolute atomic E-state index is 0. The summed E-state index contributed by atoms with van der Waals surface area (Å²) in [4.78, 5) is 15.5. The van der Waals surface area contributed by atoms with Crippen LogP contribution >= 0.6 is 12.4 Å². The third kappa shape index (κ3) is 3.80. The molecular formula is C14H15ClF3N3O3. The van der Waals surface area contributed by atoms with E-state index in [1.54, 1.807) is 0 Å². The highest BCUT2D eigenvalue weighted by Gasteiger charge is 2.37. The number of hydrogen-bond acceptors (Lipinski definition) is 5. The number of nitrogens with one attached hydrogen (secondary N) is 1. The predicted molar refractivity (Wildman–Crippen MR) is 81.8 cm³/mol. The fraction of sp³-hybridized carbons (Fsp3) is 0.429. The average Bonchev–Trinajstić information content (AvgIpc) is 3.12. The maximum Gasteiger partial charge on any atom is 0.468 e. The van der Waals surface area contributed by atoms with Gasteiger partial charge in [-0.2, -0.15) is 13.2 Å². The lowest BCUT2D eigenvalue weighted by Gasteiger charge is -2.12. The first-order valence-electron chi connectivity index (χ1n) is 7.01. The third-order valence-electron chi connectivity index (χ3n) is 3.56. The van der Waals surface area contributed by atoms with Crippen molar-refractivity contribution in [2.24, 2.45) is 5.73 Å². The van der Waals surface area contributed by atoms with Crippen molar-refractivity contribution in [1.29, 1.82) is 0 Å². The van der Waals surface area contributed by atoms with E-state index < -0.39 is 18.2 Å². The summed E-state index contributed by atoms with van der Waals surface area (Å²) in [5.74, 6) is -1.68. The van der Waals surface area contributed by atoms with Crippen molar-refractivity contribution in [3.8, 4) is 0 Å². The van der Waals surface area contributed by atoms with Gasteiger partial charge in [0.15, 0.2) is 5.58 Å². The largest absolute Gasteiger partial charge is 0.468 e. The van der Waals surface area contributed by atoms with Crippen LogP contribution in [0.25, 0.3) is 11.1 Å². The van der Waals surface area contributed by atoms with Crippen molar-refractivity contribution >= 4 is 35.1 Å². The second kappa shape index (κ2) is 6.96. The highest BCUT2D eigenvalue weighted by Crippen LogP contribution is 2.32. The van der Waals surface area contributed by atoms with Gasteiger partial charge in [0.2, 0.25) is 0 Å². The lowest BCUT2D eigenvalue weighted by atomic mass is 10.2. The molecule has 0 radical (unpaired) electrons. The standard InChI is InChI=1S/C14H14F3N3O3.ClH/c15-14(16,17)13-20-9-5-7(1-3-10(9)23-13)19-12(21)11-4-2-8(6-18)22-11;/h1,3,5,8,11H,2,4,6,18H2,(H,19,21);1H/t8-,11+;/m1./s1. The van der Waals surface area contributed by atoms with Crippen LogP contribution in [0.3, 0.4) is 0 Å². The van der Waals surface area contributed by atoms with E-state index in [0.717, 1.165) is 0 Å². The smallest absolute Gasteiger partial charge is 0.433 e. The number of carbonyl (C=O) groups excluding carboxylic acids is 1. The number of nitrogens with zero attached hydrogens (tertiary/aromatic N) is 1. The summed E-state index contributed by atoms with van der Waals surface area (Å²) in [6.45, 7) is 0.342. The van der Waals surface area contributed by atoms with Crippen LogP contribution in [-0.4, -0.2) is 29.6 Å². The van der Waals surface area contributed by atoms with Gasteiger partial charge in [-0.1, -0.05) is 0 Å². The first kappa shape index (κ1) is 18.5. The number of rotatable bonds is 3. The van der Waals surface area contributed by atoms with E-state index in [4.69, 9.17) is 10.5 Å². The molecule has 1 aromatic heterocycles. The maximum absolute atomic E-state index is 12.6. The van der Waals surface area contributed by atoms with Gasteiger partial charge in [0.1, 0.15) is 11.6 Å². The summed E-state index contributed by atoms with van der Waals surface area (Å²) < 4.78 is 47.8. The molecule has 0 bridgehead atoms. The minimum atomic E-state index is -4.66. The molecule has 24 heavy (non-hydrogen) atoms. The van der Waals surface area contributed by atoms with E-state index in [1.165, 1.54) is 18.2 Å². The van der Waals surface area contributed by atoms with Crippen molar-refractivity contribution < 1.29 is 27.1 Å². The van der Waals surface area contributed by atoms with E-state index in [-0.39, 0.29) is 35.5 Å². The van der Waals surface area contributed by atoms with Crippen LogP contribution < -0.4 is 11.1 Å². The van der Waals surface area contributed by atoms with Crippen LogP contribution in [0.15, 0.2) is 22.6 Å². The molecule has 3 rings (SSSR count). The lowest BCUT2D eigenvalue weighted by Crippen LogP contribution is -2.29. The summed E-state index contributed by atoms with van der Waals surface area (Å²) in [5.41, 5.74) is 5.82. The number of benzene rings is 1. The summed E-state index contributed by atoms with van der Waals surface area (Å²) in [5, 5.41) is 2.60. The molecule has 6 nitrogen and oxygen atoms in total. The van der Waals surface area contributed by atoms with Crippen molar-refractivity contribution in [3.63, 3.8) is 0 Å². The number of carbonyl (C=O) groups is 1. The molecule has 2 heterocycles. The molecule has 1 saturated heterocycles. The Morgan fingerprint density at radius 2 is 2.12 bits per heavy atom. The van der Waals surface area contributed by atoms with Crippen molar-refractivity contribution in [2.75, 3.05) is 11.9 Å². The van der Waals surface area contributed by atoms with Gasteiger partial charge in [-0.25, -0.2) is 4.98 Å². The number of nitrogens with two attached hydrogens (primary N) is 1. The van der Waals surface area contributed by atoms with Gasteiger partial charge in [-0.3, -0.25) is 4.79 Å². The Morgan fingerprint density at radius 1 is 1.38 bits per heavy atom. The zero-order valence-corrected chi connectivity index (χ0v) is 13.1. The van der Waals surface area contributed by atoms with Gasteiger partial charge in [-0.05, 0) is 31.0 Å². The van der Waals surface area contributed by atoms with Crippen molar-refractivity contribution in [2.45, 2.75) is 31.2 Å². The first-order chi connectivity index (χ1) is 10.9. The highest BCUT2D eigenvalue weighted by molar-refractivity contribution is 5.95. The van der Waals surface area contributed by atoms with Crippen LogP contribution in [-0.2, 0) is 15.7 Å². The molecular weight excluding hydrogens is 351 g/mol. The molecule has 10 heteroatoms. The van der Waals surface area contributed by atoms with E-state index in [2.05, 4.69) is 14.7 Å². The zero-order chi connectivity index (χ0) is 16.6. The topological polar surface area (TPSA) is 90.4 Å². The van der Waals surface area contributed by atoms with E-state index >= 15 is 0 Å². The van der Waals surface area contributed by atoms with Crippen LogP contribution in [0.2, 0.25) is 0 Å². The molecule has 132 valence electrons. The molecule has 1 aliphatic heterocycles. The van der Waals surface area contributed by atoms with E-state index in [0.29, 0.717) is 25.1 Å². The number of hydrogen-bond donors (Lipinski definition) is 2. The summed E-state index contributed by atoms with van der Waals surface area (Å²) in [7, 11) is 0. The zero-order valence-electron chi connectivity index (χ0n) is 12.3. The van der Waals surface area contributed by atoms with Crippen LogP contribution in [0.4, 0.5) is 18.9 Å². The third-order valence-corrected chi connectivity index (χ3v) is 3.56. The van der Waals surface area contributed by atoms with Crippen LogP contribution in [0, 0.1) is 0 Å². The Morgan fingerprint density at radius 3 is 2.75 bits per heavy atom. The Labute approximate surface area is 140 Å². The molecule has 1 amide bonds. The quantitative estimate of drug-likeness (QED) is 0.872. The molecule has 0 aliphatic carbocycles. The molecule has 1 aromatic carbocycles. The summed E-state index contributed by atoms with van der Waals surface area (Å²) >= 11 is 0. The van der Waals surface area contributed by atoms with Gasteiger partial charge < -0.3 is 20.2 Å². The first-order valence-corrected chi connectivity index (χ1v) is 7.01. The molecule has 0 spiro atoms. The summed E-state index contributed by atoms with van der Waals surface area (Å²) in [6, 6.07) is 4.09. The van der Waals surface area contributed by atoms with E-state index in [9.17, 15) is 18.0 Å². The van der Waals surface area contributed by atoms with Gasteiger partial charge >= 0.3 is 12.1 Å². The fourth-order valence-electron chi connectivity index (χ4n) is 2.42. The Balaban J connectivity index is 0.00000208. The van der Waals surface area contributed by atoms with Gasteiger partial charge in [0, 0.05) is 12.2 Å². The van der Waals surface area contributed by atoms with Crippen LogP contribution in [0.1, 0.15) is 18.7 Å². The Kier molecular flexibility index (Phi) is 5.36. The predicted octanol–water partition coefficient (Wildman–Crippen LogP) is 2.71. The number of oxazole rings is 1. The number of fused-ring (bicyclic) bond motifs is 1. The molecule has 2 atom stereocenters. The second-order valence-corrected chi connectivity index (χ2v) is 5.25. The fourth-order valence-corrected chi connectivity index (χ4v) is 2.42. The van der Waals surface area contributed by atoms with E-state index in [1.807, 2.05) is 0 Å². The Bertz CT molecular complexity index is 735. The normalized spacial score (nSPS) is 20.8. The van der Waals surface area contributed by atoms with Gasteiger partial charge in [-0.15, -0.1) is 12.4 Å². The molecule has 1 fully saturated rings. The summed E-state index contributed by atoms with van der Waals surface area (Å²) in [6.07, 6.45) is -4.15. The van der Waals surface area contributed by atoms with Crippen LogP contribution in [0.5, 0.6) is 0 Å².